The minimum Gasteiger partial charge on any atom is -0.491 e. The molecular weight excluding hydrogens is 268 g/mol. The topological polar surface area (TPSA) is 44.8 Å². The Balaban J connectivity index is 2.05. The van der Waals surface area contributed by atoms with Gasteiger partial charge in [-0.1, -0.05) is 31.6 Å². The molecule has 0 aliphatic rings. The molecular formula is C17H24O4. The van der Waals surface area contributed by atoms with E-state index in [9.17, 15) is 4.79 Å². The summed E-state index contributed by atoms with van der Waals surface area (Å²) < 4.78 is 15.8. The average molecular weight is 292 g/mol. The van der Waals surface area contributed by atoms with Crippen molar-refractivity contribution in [2.45, 2.75) is 26.7 Å². The fraction of sp³-hybridized carbons (Fsp3) is 0.471. The Labute approximate surface area is 126 Å². The molecule has 4 nitrogen and oxygen atoms in total. The van der Waals surface area contributed by atoms with Crippen LogP contribution in [0.1, 0.15) is 25.8 Å². The van der Waals surface area contributed by atoms with Gasteiger partial charge in [0, 0.05) is 6.08 Å². The van der Waals surface area contributed by atoms with Crippen molar-refractivity contribution in [3.63, 3.8) is 0 Å². The van der Waals surface area contributed by atoms with Crippen LogP contribution in [0.25, 0.3) is 0 Å². The predicted octanol–water partition coefficient (Wildman–Crippen LogP) is 3.15. The molecule has 116 valence electrons. The molecule has 0 aliphatic carbocycles. The molecule has 21 heavy (non-hydrogen) atoms. The van der Waals surface area contributed by atoms with E-state index < -0.39 is 0 Å². The second-order valence-electron chi connectivity index (χ2n) is 4.52. The summed E-state index contributed by atoms with van der Waals surface area (Å²) in [6.45, 7) is 5.52. The van der Waals surface area contributed by atoms with Crippen LogP contribution in [0.15, 0.2) is 36.4 Å². The number of esters is 1. The standard InChI is InChI=1S/C17H24O4/c1-3-5-15-7-9-16(10-8-15)20-13-11-19-12-14-21-17(18)6-4-2/h4,6-10H,3,5,11-14H2,1-2H3. The smallest absolute Gasteiger partial charge is 0.330 e. The number of allylic oxidation sites excluding steroid dienone is 1. The van der Waals surface area contributed by atoms with Gasteiger partial charge in [0.15, 0.2) is 0 Å². The van der Waals surface area contributed by atoms with Gasteiger partial charge < -0.3 is 14.2 Å². The number of ether oxygens (including phenoxy) is 3. The van der Waals surface area contributed by atoms with Crippen molar-refractivity contribution in [3.8, 4) is 5.75 Å². The van der Waals surface area contributed by atoms with Gasteiger partial charge in [0.05, 0.1) is 13.2 Å². The summed E-state index contributed by atoms with van der Waals surface area (Å²) in [5, 5.41) is 0. The van der Waals surface area contributed by atoms with Gasteiger partial charge in [-0.2, -0.15) is 0 Å². The SMILES string of the molecule is CC=CC(=O)OCCOCCOc1ccc(CCC)cc1. The molecule has 0 unspecified atom stereocenters. The number of carbonyl (C=O) groups is 1. The summed E-state index contributed by atoms with van der Waals surface area (Å²) in [7, 11) is 0. The molecule has 1 rings (SSSR count). The van der Waals surface area contributed by atoms with Gasteiger partial charge in [-0.25, -0.2) is 4.79 Å². The Morgan fingerprint density at radius 3 is 2.48 bits per heavy atom. The first-order valence-corrected chi connectivity index (χ1v) is 7.35. The number of hydrogen-bond acceptors (Lipinski definition) is 4. The van der Waals surface area contributed by atoms with Crippen LogP contribution in [0, 0.1) is 0 Å². The molecule has 0 atom stereocenters. The van der Waals surface area contributed by atoms with Crippen molar-refractivity contribution < 1.29 is 19.0 Å². The molecule has 0 spiro atoms. The molecule has 0 amide bonds. The zero-order valence-electron chi connectivity index (χ0n) is 12.8. The highest BCUT2D eigenvalue weighted by molar-refractivity contribution is 5.81. The monoisotopic (exact) mass is 292 g/mol. The first-order valence-electron chi connectivity index (χ1n) is 7.35. The van der Waals surface area contributed by atoms with Crippen LogP contribution in [-0.2, 0) is 20.7 Å². The number of aryl methyl sites for hydroxylation is 1. The normalized spacial score (nSPS) is 10.8. The van der Waals surface area contributed by atoms with E-state index in [2.05, 4.69) is 19.1 Å². The zero-order chi connectivity index (χ0) is 15.3. The van der Waals surface area contributed by atoms with Crippen LogP contribution < -0.4 is 4.74 Å². The summed E-state index contributed by atoms with van der Waals surface area (Å²) in [6, 6.07) is 8.12. The lowest BCUT2D eigenvalue weighted by atomic mass is 10.1. The van der Waals surface area contributed by atoms with Crippen molar-refractivity contribution in [2.75, 3.05) is 26.4 Å². The lowest BCUT2D eigenvalue weighted by molar-refractivity contribution is -0.139. The maximum absolute atomic E-state index is 11.0. The Hall–Kier alpha value is -1.81. The second kappa shape index (κ2) is 10.9. The van der Waals surface area contributed by atoms with E-state index in [1.807, 2.05) is 12.1 Å². The van der Waals surface area contributed by atoms with Gasteiger partial charge in [-0.15, -0.1) is 0 Å². The average Bonchev–Trinajstić information content (AvgIpc) is 2.48. The van der Waals surface area contributed by atoms with E-state index >= 15 is 0 Å². The third-order valence-electron chi connectivity index (χ3n) is 2.73. The molecule has 0 saturated carbocycles. The van der Waals surface area contributed by atoms with E-state index in [0.717, 1.165) is 18.6 Å². The Bertz CT molecular complexity index is 423. The van der Waals surface area contributed by atoms with Gasteiger partial charge in [0.1, 0.15) is 19.0 Å². The lowest BCUT2D eigenvalue weighted by Gasteiger charge is -2.08. The van der Waals surface area contributed by atoms with Crippen molar-refractivity contribution >= 4 is 5.97 Å². The Morgan fingerprint density at radius 2 is 1.81 bits per heavy atom. The quantitative estimate of drug-likeness (QED) is 0.377. The zero-order valence-corrected chi connectivity index (χ0v) is 12.8. The summed E-state index contributed by atoms with van der Waals surface area (Å²) in [5.74, 6) is 0.502. The van der Waals surface area contributed by atoms with Gasteiger partial charge in [-0.3, -0.25) is 0 Å². The number of carbonyl (C=O) groups excluding carboxylic acids is 1. The van der Waals surface area contributed by atoms with E-state index in [-0.39, 0.29) is 12.6 Å². The Morgan fingerprint density at radius 1 is 1.10 bits per heavy atom. The summed E-state index contributed by atoms with van der Waals surface area (Å²) >= 11 is 0. The molecule has 0 radical (unpaired) electrons. The number of rotatable bonds is 10. The summed E-state index contributed by atoms with van der Waals surface area (Å²) in [6.07, 6.45) is 5.26. The van der Waals surface area contributed by atoms with Crippen molar-refractivity contribution in [1.29, 1.82) is 0 Å². The van der Waals surface area contributed by atoms with Crippen LogP contribution >= 0.6 is 0 Å². The third-order valence-corrected chi connectivity index (χ3v) is 2.73. The molecule has 0 aromatic heterocycles. The van der Waals surface area contributed by atoms with Gasteiger partial charge in [-0.05, 0) is 31.0 Å². The first kappa shape index (κ1) is 17.2. The maximum atomic E-state index is 11.0. The third kappa shape index (κ3) is 8.15. The fourth-order valence-corrected chi connectivity index (χ4v) is 1.75. The second-order valence-corrected chi connectivity index (χ2v) is 4.52. The van der Waals surface area contributed by atoms with Gasteiger partial charge >= 0.3 is 5.97 Å². The van der Waals surface area contributed by atoms with Crippen LogP contribution in [0.3, 0.4) is 0 Å². The summed E-state index contributed by atoms with van der Waals surface area (Å²) in [4.78, 5) is 11.0. The first-order chi connectivity index (χ1) is 10.3. The molecule has 1 aromatic carbocycles. The van der Waals surface area contributed by atoms with Gasteiger partial charge in [0.2, 0.25) is 0 Å². The molecule has 0 heterocycles. The predicted molar refractivity (Wildman–Crippen MR) is 82.5 cm³/mol. The minimum absolute atomic E-state index is 0.259. The number of benzene rings is 1. The van der Waals surface area contributed by atoms with Gasteiger partial charge in [0.25, 0.3) is 0 Å². The van der Waals surface area contributed by atoms with E-state index in [4.69, 9.17) is 14.2 Å². The van der Waals surface area contributed by atoms with Crippen molar-refractivity contribution in [2.24, 2.45) is 0 Å². The molecule has 1 aromatic rings. The summed E-state index contributed by atoms with van der Waals surface area (Å²) in [5.41, 5.74) is 1.32. The highest BCUT2D eigenvalue weighted by atomic mass is 16.6. The lowest BCUT2D eigenvalue weighted by Crippen LogP contribution is -2.12. The number of hydrogen-bond donors (Lipinski definition) is 0. The molecule has 0 saturated heterocycles. The van der Waals surface area contributed by atoms with Crippen LogP contribution in [0.4, 0.5) is 0 Å². The molecule has 0 fully saturated rings. The van der Waals surface area contributed by atoms with E-state index in [1.54, 1.807) is 13.0 Å². The van der Waals surface area contributed by atoms with Crippen LogP contribution in [-0.4, -0.2) is 32.4 Å². The molecule has 0 aliphatic heterocycles. The van der Waals surface area contributed by atoms with Crippen LogP contribution in [0.5, 0.6) is 5.75 Å². The minimum atomic E-state index is -0.343. The van der Waals surface area contributed by atoms with Crippen molar-refractivity contribution in [3.05, 3.63) is 42.0 Å². The Kier molecular flexibility index (Phi) is 8.96. The maximum Gasteiger partial charge on any atom is 0.330 e. The molecule has 4 heteroatoms. The van der Waals surface area contributed by atoms with Crippen LogP contribution in [0.2, 0.25) is 0 Å². The molecule has 0 bridgehead atoms. The highest BCUT2D eigenvalue weighted by Crippen LogP contribution is 2.13. The largest absolute Gasteiger partial charge is 0.491 e. The van der Waals surface area contributed by atoms with E-state index in [1.165, 1.54) is 11.6 Å². The van der Waals surface area contributed by atoms with Crippen molar-refractivity contribution in [1.82, 2.24) is 0 Å². The fourth-order valence-electron chi connectivity index (χ4n) is 1.75. The molecule has 0 N–H and O–H groups in total. The van der Waals surface area contributed by atoms with E-state index in [0.29, 0.717) is 19.8 Å². The highest BCUT2D eigenvalue weighted by Gasteiger charge is 1.97.